The van der Waals surface area contributed by atoms with Gasteiger partial charge in [-0.25, -0.2) is 10.2 Å². The van der Waals surface area contributed by atoms with Crippen LogP contribution in [-0.4, -0.2) is 55.8 Å². The normalized spacial score (nSPS) is 15.0. The largest absolute Gasteiger partial charge is 0.465 e. The molecule has 0 atom stereocenters. The van der Waals surface area contributed by atoms with Gasteiger partial charge in [0.2, 0.25) is 5.91 Å². The minimum absolute atomic E-state index is 0.137. The molecule has 2 heterocycles. The van der Waals surface area contributed by atoms with E-state index in [0.717, 1.165) is 18.7 Å². The number of benzene rings is 1. The van der Waals surface area contributed by atoms with E-state index in [-0.39, 0.29) is 5.91 Å². The van der Waals surface area contributed by atoms with Crippen molar-refractivity contribution >= 4 is 24.2 Å². The average molecular weight is 397 g/mol. The van der Waals surface area contributed by atoms with Crippen LogP contribution >= 0.6 is 0 Å². The summed E-state index contributed by atoms with van der Waals surface area (Å²) in [5.74, 6) is 0.336. The van der Waals surface area contributed by atoms with E-state index in [1.807, 2.05) is 0 Å². The van der Waals surface area contributed by atoms with Crippen molar-refractivity contribution in [1.82, 2.24) is 10.3 Å². The molecule has 152 valence electrons. The molecule has 0 radical (unpaired) electrons. The first-order valence-electron chi connectivity index (χ1n) is 9.34. The molecule has 1 N–H and O–H groups in total. The zero-order chi connectivity index (χ0) is 20.3. The molecule has 29 heavy (non-hydrogen) atoms. The number of carbonyl (C=O) groups excluding carboxylic acids is 2. The average Bonchev–Trinajstić information content (AvgIpc) is 3.27. The topological polar surface area (TPSA) is 93.4 Å². The van der Waals surface area contributed by atoms with Crippen molar-refractivity contribution in [3.05, 3.63) is 60.1 Å². The van der Waals surface area contributed by atoms with Crippen LogP contribution in [0.4, 0.5) is 0 Å². The summed E-state index contributed by atoms with van der Waals surface area (Å²) < 4.78 is 15.6. The van der Waals surface area contributed by atoms with Crippen molar-refractivity contribution in [3.8, 4) is 5.75 Å². The van der Waals surface area contributed by atoms with E-state index in [0.29, 0.717) is 37.7 Å². The summed E-state index contributed by atoms with van der Waals surface area (Å²) in [6, 6.07) is 10.3. The lowest BCUT2D eigenvalue weighted by Gasteiger charge is -2.25. The third-order valence-corrected chi connectivity index (χ3v) is 4.19. The Labute approximate surface area is 168 Å². The fourth-order valence-corrected chi connectivity index (χ4v) is 2.63. The van der Waals surface area contributed by atoms with Gasteiger partial charge in [0.15, 0.2) is 0 Å². The highest BCUT2D eigenvalue weighted by molar-refractivity contribution is 5.88. The van der Waals surface area contributed by atoms with Gasteiger partial charge in [0.25, 0.3) is 0 Å². The maximum absolute atomic E-state index is 11.8. The molecule has 1 aromatic heterocycles. The molecular formula is C21H23N3O5. The fraction of sp³-hybridized carbons (Fsp3) is 0.286. The van der Waals surface area contributed by atoms with E-state index < -0.39 is 5.97 Å². The third kappa shape index (κ3) is 7.36. The lowest BCUT2D eigenvalue weighted by atomic mass is 10.2. The van der Waals surface area contributed by atoms with Crippen molar-refractivity contribution in [1.29, 1.82) is 0 Å². The quantitative estimate of drug-likeness (QED) is 0.241. The number of nitrogens with one attached hydrogen (secondary N) is 1. The zero-order valence-electron chi connectivity index (χ0n) is 16.0. The molecule has 3 rings (SSSR count). The molecule has 2 aromatic rings. The van der Waals surface area contributed by atoms with Crippen molar-refractivity contribution in [2.45, 2.75) is 6.42 Å². The summed E-state index contributed by atoms with van der Waals surface area (Å²) in [6.07, 6.45) is 6.27. The summed E-state index contributed by atoms with van der Waals surface area (Å²) in [5, 5.41) is 3.96. The van der Waals surface area contributed by atoms with Crippen LogP contribution in [-0.2, 0) is 14.3 Å². The molecule has 0 unspecified atom stereocenters. The number of ether oxygens (including phenoxy) is 2. The molecule has 0 bridgehead atoms. The minimum atomic E-state index is -0.504. The molecule has 0 aliphatic carbocycles. The smallest absolute Gasteiger partial charge is 0.336 e. The molecule has 0 saturated carbocycles. The summed E-state index contributed by atoms with van der Waals surface area (Å²) in [5.41, 5.74) is 3.28. The summed E-state index contributed by atoms with van der Waals surface area (Å²) >= 11 is 0. The summed E-state index contributed by atoms with van der Waals surface area (Å²) in [7, 11) is 0. The maximum atomic E-state index is 11.8. The van der Waals surface area contributed by atoms with Crippen molar-refractivity contribution < 1.29 is 23.5 Å². The molecule has 1 aromatic carbocycles. The Morgan fingerprint density at radius 1 is 1.17 bits per heavy atom. The number of hydrazone groups is 1. The number of carbonyl (C=O) groups is 2. The number of hydrogen-bond acceptors (Lipinski definition) is 7. The monoisotopic (exact) mass is 397 g/mol. The fourth-order valence-electron chi connectivity index (χ4n) is 2.63. The van der Waals surface area contributed by atoms with E-state index >= 15 is 0 Å². The maximum Gasteiger partial charge on any atom is 0.336 e. The standard InChI is InChI=1S/C21H23N3O5/c25-20(9-10-24-11-14-27-15-12-24)23-22-16-17-3-5-19(6-4-17)29-21(26)8-7-18-2-1-13-28-18/h1-8,13,16H,9-12,14-15H2,(H,23,25)/b8-7+,22-16-. The summed E-state index contributed by atoms with van der Waals surface area (Å²) in [6.45, 7) is 3.83. The minimum Gasteiger partial charge on any atom is -0.465 e. The lowest BCUT2D eigenvalue weighted by molar-refractivity contribution is -0.129. The van der Waals surface area contributed by atoms with E-state index in [9.17, 15) is 9.59 Å². The zero-order valence-corrected chi connectivity index (χ0v) is 16.0. The second-order valence-electron chi connectivity index (χ2n) is 6.34. The highest BCUT2D eigenvalue weighted by atomic mass is 16.5. The van der Waals surface area contributed by atoms with Crippen LogP contribution in [0.1, 0.15) is 17.7 Å². The molecule has 8 nitrogen and oxygen atoms in total. The van der Waals surface area contributed by atoms with Crippen LogP contribution in [0.15, 0.2) is 58.3 Å². The van der Waals surface area contributed by atoms with Gasteiger partial charge in [0.05, 0.1) is 25.7 Å². The Balaban J connectivity index is 1.38. The Kier molecular flexibility index (Phi) is 7.73. The predicted molar refractivity (Wildman–Crippen MR) is 107 cm³/mol. The Morgan fingerprint density at radius 2 is 1.97 bits per heavy atom. The molecular weight excluding hydrogens is 374 g/mol. The molecule has 0 spiro atoms. The van der Waals surface area contributed by atoms with Gasteiger partial charge in [-0.1, -0.05) is 0 Å². The lowest BCUT2D eigenvalue weighted by Crippen LogP contribution is -2.38. The summed E-state index contributed by atoms with van der Waals surface area (Å²) in [4.78, 5) is 25.8. The second kappa shape index (κ2) is 10.9. The number of hydrogen-bond donors (Lipinski definition) is 1. The van der Waals surface area contributed by atoms with Crippen molar-refractivity contribution in [2.24, 2.45) is 5.10 Å². The molecule has 1 fully saturated rings. The first kappa shape index (κ1) is 20.5. The van der Waals surface area contributed by atoms with E-state index in [4.69, 9.17) is 13.9 Å². The SMILES string of the molecule is O=C(CCN1CCOCC1)N/N=C\c1ccc(OC(=O)/C=C/c2ccco2)cc1. The number of amides is 1. The Hall–Kier alpha value is -3.23. The number of rotatable bonds is 8. The highest BCUT2D eigenvalue weighted by Gasteiger charge is 2.11. The van der Waals surface area contributed by atoms with Gasteiger partial charge in [-0.2, -0.15) is 5.10 Å². The molecule has 8 heteroatoms. The first-order chi connectivity index (χ1) is 14.2. The third-order valence-electron chi connectivity index (χ3n) is 4.19. The van der Waals surface area contributed by atoms with Gasteiger partial charge in [0, 0.05) is 32.1 Å². The Bertz CT molecular complexity index is 838. The second-order valence-corrected chi connectivity index (χ2v) is 6.34. The number of nitrogens with zero attached hydrogens (tertiary/aromatic N) is 2. The highest BCUT2D eigenvalue weighted by Crippen LogP contribution is 2.12. The van der Waals surface area contributed by atoms with E-state index in [1.165, 1.54) is 24.6 Å². The van der Waals surface area contributed by atoms with Crippen LogP contribution in [0.5, 0.6) is 5.75 Å². The number of furan rings is 1. The van der Waals surface area contributed by atoms with E-state index in [1.54, 1.807) is 36.4 Å². The van der Waals surface area contributed by atoms with Crippen molar-refractivity contribution in [3.63, 3.8) is 0 Å². The van der Waals surface area contributed by atoms with Gasteiger partial charge in [-0.05, 0) is 48.0 Å². The van der Waals surface area contributed by atoms with Gasteiger partial charge >= 0.3 is 5.97 Å². The molecule has 1 aliphatic heterocycles. The van der Waals surface area contributed by atoms with Gasteiger partial charge in [0.1, 0.15) is 11.5 Å². The van der Waals surface area contributed by atoms with Gasteiger partial charge in [-0.15, -0.1) is 0 Å². The van der Waals surface area contributed by atoms with Crippen LogP contribution in [0, 0.1) is 0 Å². The molecule has 1 saturated heterocycles. The Morgan fingerprint density at radius 3 is 2.69 bits per heavy atom. The van der Waals surface area contributed by atoms with Crippen molar-refractivity contribution in [2.75, 3.05) is 32.8 Å². The van der Waals surface area contributed by atoms with Crippen LogP contribution in [0.25, 0.3) is 6.08 Å². The van der Waals surface area contributed by atoms with Crippen LogP contribution < -0.4 is 10.2 Å². The predicted octanol–water partition coefficient (Wildman–Crippen LogP) is 2.07. The van der Waals surface area contributed by atoms with Gasteiger partial charge < -0.3 is 13.9 Å². The van der Waals surface area contributed by atoms with Crippen LogP contribution in [0.2, 0.25) is 0 Å². The van der Waals surface area contributed by atoms with E-state index in [2.05, 4.69) is 15.4 Å². The van der Waals surface area contributed by atoms with Crippen LogP contribution in [0.3, 0.4) is 0 Å². The molecule has 1 aliphatic rings. The first-order valence-corrected chi connectivity index (χ1v) is 9.34. The number of morpholine rings is 1. The molecule has 1 amide bonds. The van der Waals surface area contributed by atoms with Gasteiger partial charge in [-0.3, -0.25) is 9.69 Å². The number of esters is 1.